The molecule has 0 aromatic carbocycles. The van der Waals surface area contributed by atoms with Gasteiger partial charge in [-0.15, -0.1) is 0 Å². The van der Waals surface area contributed by atoms with Gasteiger partial charge in [-0.05, 0) is 4.92 Å². The van der Waals surface area contributed by atoms with E-state index in [9.17, 15) is 10.1 Å². The maximum atomic E-state index is 9.77. The van der Waals surface area contributed by atoms with Gasteiger partial charge in [0.25, 0.3) is 0 Å². The van der Waals surface area contributed by atoms with Crippen molar-refractivity contribution >= 4 is 13.6 Å². The first kappa shape index (κ1) is 9.59. The molecule has 0 atom stereocenters. The highest BCUT2D eigenvalue weighted by Crippen LogP contribution is 1.96. The van der Waals surface area contributed by atoms with Crippen LogP contribution in [-0.4, -0.2) is 32.6 Å². The minimum atomic E-state index is -0.583. The second kappa shape index (κ2) is 5.39. The molecule has 0 amide bonds. The fourth-order valence-electron chi connectivity index (χ4n) is 0.357. The van der Waals surface area contributed by atoms with Crippen molar-refractivity contribution in [2.75, 3.05) is 0 Å². The monoisotopic (exact) mass is 158 g/mol. The van der Waals surface area contributed by atoms with E-state index in [1.807, 2.05) is 0 Å². The molecule has 0 aliphatic carbocycles. The van der Waals surface area contributed by atoms with Crippen molar-refractivity contribution < 1.29 is 15.0 Å². The van der Waals surface area contributed by atoms with E-state index in [0.29, 0.717) is 0 Å². The zero-order chi connectivity index (χ0) is 8.69. The number of rotatable bonds is 1. The minimum absolute atomic E-state index is 0. The predicted molar refractivity (Wildman–Crippen MR) is 35.4 cm³/mol. The van der Waals surface area contributed by atoms with Gasteiger partial charge in [0.2, 0.25) is 0 Å². The van der Waals surface area contributed by atoms with Gasteiger partial charge in [-0.2, -0.15) is 0 Å². The van der Waals surface area contributed by atoms with Crippen molar-refractivity contribution in [3.05, 3.63) is 22.5 Å². The number of hydrogen-bond donors (Lipinski definition) is 3. The molecule has 0 saturated carbocycles. The van der Waals surface area contributed by atoms with Crippen LogP contribution in [0.2, 0.25) is 0 Å². The molecule has 0 spiro atoms. The average Bonchev–Trinajstić information content (AvgIpc) is 2.38. The van der Waals surface area contributed by atoms with Gasteiger partial charge in [0.15, 0.2) is 0 Å². The average molecular weight is 158 g/mol. The van der Waals surface area contributed by atoms with Gasteiger partial charge in [-0.3, -0.25) is 0 Å². The van der Waals surface area contributed by atoms with E-state index in [2.05, 4.69) is 9.97 Å². The fourth-order valence-corrected chi connectivity index (χ4v) is 0.357. The van der Waals surface area contributed by atoms with Crippen LogP contribution in [0.3, 0.4) is 0 Å². The number of nitrogens with zero attached hydrogens (tertiary/aromatic N) is 2. The van der Waals surface area contributed by atoms with Crippen LogP contribution >= 0.6 is 0 Å². The first-order valence-electron chi connectivity index (χ1n) is 2.46. The molecule has 0 fully saturated rings. The van der Waals surface area contributed by atoms with Gasteiger partial charge in [-0.1, -0.05) is 4.98 Å². The summed E-state index contributed by atoms with van der Waals surface area (Å²) in [6.07, 6.45) is 2.73. The maximum absolute atomic E-state index is 9.77. The van der Waals surface area contributed by atoms with Gasteiger partial charge < -0.3 is 20.2 Å². The Labute approximate surface area is 62.2 Å². The topological polar surface area (TPSA) is 112 Å². The number of imidazole rings is 1. The molecule has 8 heteroatoms. The third-order valence-corrected chi connectivity index (χ3v) is 0.657. The molecule has 1 aromatic rings. The summed E-state index contributed by atoms with van der Waals surface area (Å²) in [5.74, 6) is -0.218. The molecule has 1 rings (SSSR count). The number of aromatic amines is 1. The molecular weight excluding hydrogens is 153 g/mol. The normalized spacial score (nSPS) is 7.82. The molecule has 1 radical (unpaired) electrons. The van der Waals surface area contributed by atoms with Crippen molar-refractivity contribution in [3.63, 3.8) is 0 Å². The molecule has 0 aliphatic rings. The molecule has 7 nitrogen and oxygen atoms in total. The summed E-state index contributed by atoms with van der Waals surface area (Å²) in [4.78, 5) is 14.9. The minimum Gasteiger partial charge on any atom is -0.429 e. The second-order valence-corrected chi connectivity index (χ2v) is 1.29. The number of H-pyrrole nitrogens is 1. The maximum Gasteiger partial charge on any atom is 0.482 e. The SMILES string of the molecule is O=[N+]([O-])c1ncc[nH]1.O[B]O. The molecule has 1 aromatic heterocycles. The Morgan fingerprint density at radius 2 is 2.27 bits per heavy atom. The summed E-state index contributed by atoms with van der Waals surface area (Å²) < 4.78 is 0. The highest BCUT2D eigenvalue weighted by molar-refractivity contribution is 6.13. The Kier molecular flexibility index (Phi) is 4.70. The lowest BCUT2D eigenvalue weighted by atomic mass is 10.5. The zero-order valence-corrected chi connectivity index (χ0v) is 5.34. The van der Waals surface area contributed by atoms with Crippen LogP contribution in [0.4, 0.5) is 5.95 Å². The summed E-state index contributed by atoms with van der Waals surface area (Å²) in [7, 11) is 0. The molecule has 0 bridgehead atoms. The molecule has 0 aliphatic heterocycles. The summed E-state index contributed by atoms with van der Waals surface area (Å²) in [6.45, 7) is 0. The third kappa shape index (κ3) is 4.06. The molecule has 0 unspecified atom stereocenters. The van der Waals surface area contributed by atoms with Crippen LogP contribution < -0.4 is 0 Å². The fraction of sp³-hybridized carbons (Fsp3) is 0. The molecule has 11 heavy (non-hydrogen) atoms. The number of hydrogen-bond acceptors (Lipinski definition) is 5. The van der Waals surface area contributed by atoms with Crippen LogP contribution in [0.15, 0.2) is 12.4 Å². The third-order valence-electron chi connectivity index (χ3n) is 0.657. The van der Waals surface area contributed by atoms with Gasteiger partial charge in [0, 0.05) is 0 Å². The summed E-state index contributed by atoms with van der Waals surface area (Å²) >= 11 is 0. The Hall–Kier alpha value is -1.41. The quantitative estimate of drug-likeness (QED) is 0.270. The lowest BCUT2D eigenvalue weighted by molar-refractivity contribution is -0.393. The standard InChI is InChI=1S/C3H3N3O2.BH2O2/c7-6(8)3-4-1-2-5-3;2-1-3/h1-2H,(H,4,5);2-3H. The first-order valence-corrected chi connectivity index (χ1v) is 2.46. The highest BCUT2D eigenvalue weighted by Gasteiger charge is 2.01. The van der Waals surface area contributed by atoms with E-state index in [1.165, 1.54) is 12.4 Å². The van der Waals surface area contributed by atoms with Crippen LogP contribution in [0.1, 0.15) is 0 Å². The summed E-state index contributed by atoms with van der Waals surface area (Å²) in [6, 6.07) is 0. The van der Waals surface area contributed by atoms with Crippen molar-refractivity contribution in [3.8, 4) is 0 Å². The van der Waals surface area contributed by atoms with Crippen LogP contribution in [0.5, 0.6) is 0 Å². The van der Waals surface area contributed by atoms with Crippen LogP contribution in [-0.2, 0) is 0 Å². The van der Waals surface area contributed by atoms with Crippen molar-refractivity contribution in [1.82, 2.24) is 9.97 Å². The zero-order valence-electron chi connectivity index (χ0n) is 5.34. The van der Waals surface area contributed by atoms with Gasteiger partial charge in [0.1, 0.15) is 6.20 Å². The van der Waals surface area contributed by atoms with Crippen molar-refractivity contribution in [1.29, 1.82) is 0 Å². The highest BCUT2D eigenvalue weighted by atomic mass is 16.6. The van der Waals surface area contributed by atoms with Crippen molar-refractivity contribution in [2.24, 2.45) is 0 Å². The van der Waals surface area contributed by atoms with Crippen LogP contribution in [0, 0.1) is 10.1 Å². The van der Waals surface area contributed by atoms with E-state index < -0.39 is 4.92 Å². The largest absolute Gasteiger partial charge is 0.482 e. The van der Waals surface area contributed by atoms with E-state index in [-0.39, 0.29) is 13.6 Å². The lowest BCUT2D eigenvalue weighted by Crippen LogP contribution is -1.88. The summed E-state index contributed by atoms with van der Waals surface area (Å²) in [5, 5.41) is 23.8. The predicted octanol–water partition coefficient (Wildman–Crippen LogP) is -1.18. The van der Waals surface area contributed by atoms with Gasteiger partial charge in [-0.25, -0.2) is 4.98 Å². The molecule has 1 heterocycles. The van der Waals surface area contributed by atoms with E-state index in [4.69, 9.17) is 10.0 Å². The number of aromatic nitrogens is 2. The molecule has 3 N–H and O–H groups in total. The van der Waals surface area contributed by atoms with E-state index in [0.717, 1.165) is 0 Å². The van der Waals surface area contributed by atoms with Crippen molar-refractivity contribution in [2.45, 2.75) is 0 Å². The Bertz CT molecular complexity index is 200. The van der Waals surface area contributed by atoms with Gasteiger partial charge >= 0.3 is 13.6 Å². The molecular formula is C3H5BN3O4. The smallest absolute Gasteiger partial charge is 0.429 e. The number of nitrogens with one attached hydrogen (secondary N) is 1. The lowest BCUT2D eigenvalue weighted by Gasteiger charge is -1.83. The van der Waals surface area contributed by atoms with Gasteiger partial charge in [0.05, 0.1) is 6.20 Å². The Morgan fingerprint density at radius 3 is 2.45 bits per heavy atom. The van der Waals surface area contributed by atoms with E-state index in [1.54, 1.807) is 0 Å². The molecule has 59 valence electrons. The Morgan fingerprint density at radius 1 is 1.73 bits per heavy atom. The molecule has 0 saturated heterocycles. The summed E-state index contributed by atoms with van der Waals surface area (Å²) in [5.41, 5.74) is 0. The van der Waals surface area contributed by atoms with Crippen LogP contribution in [0.25, 0.3) is 0 Å². The Balaban J connectivity index is 0.000000292. The van der Waals surface area contributed by atoms with E-state index >= 15 is 0 Å². The second-order valence-electron chi connectivity index (χ2n) is 1.29. The first-order chi connectivity index (χ1) is 5.22. The number of nitro groups is 1.